The first kappa shape index (κ1) is 14.2. The second-order valence-electron chi connectivity index (χ2n) is 5.44. The summed E-state index contributed by atoms with van der Waals surface area (Å²) in [6.45, 7) is 0.377. The Labute approximate surface area is 128 Å². The average Bonchev–Trinajstić information content (AvgIpc) is 3.18. The van der Waals surface area contributed by atoms with Crippen molar-refractivity contribution in [2.75, 3.05) is 0 Å². The summed E-state index contributed by atoms with van der Waals surface area (Å²) >= 11 is 1.43. The van der Waals surface area contributed by atoms with E-state index in [0.29, 0.717) is 12.2 Å². The summed E-state index contributed by atoms with van der Waals surface area (Å²) in [5.74, 6) is -0.100. The summed E-state index contributed by atoms with van der Waals surface area (Å²) in [6, 6.07) is 10.2. The van der Waals surface area contributed by atoms with Gasteiger partial charge in [0, 0.05) is 11.9 Å². The molecule has 0 unspecified atom stereocenters. The second-order valence-corrected chi connectivity index (χ2v) is 6.38. The topological polar surface area (TPSA) is 68.0 Å². The molecule has 3 rings (SSSR count). The van der Waals surface area contributed by atoms with Crippen LogP contribution in [-0.2, 0) is 12.1 Å². The van der Waals surface area contributed by atoms with Crippen LogP contribution in [0, 0.1) is 0 Å². The Kier molecular flexibility index (Phi) is 4.03. The molecule has 110 valence electrons. The lowest BCUT2D eigenvalue weighted by Gasteiger charge is -2.30. The van der Waals surface area contributed by atoms with Crippen LogP contribution in [0.3, 0.4) is 0 Å². The van der Waals surface area contributed by atoms with E-state index in [9.17, 15) is 4.79 Å². The molecule has 0 bridgehead atoms. The molecule has 0 aliphatic heterocycles. The standard InChI is InChI=1S/C16H19N3OS/c17-10-14-18-13(11-21-14)15(20)19-16(8-4-5-9-16)12-6-2-1-3-7-12/h1-3,6-7,11H,4-5,8-10,17H2,(H,19,20). The first-order valence-electron chi connectivity index (χ1n) is 7.26. The molecule has 0 spiro atoms. The highest BCUT2D eigenvalue weighted by molar-refractivity contribution is 7.09. The highest BCUT2D eigenvalue weighted by Gasteiger charge is 2.37. The number of nitrogens with one attached hydrogen (secondary N) is 1. The van der Waals surface area contributed by atoms with Crippen LogP contribution in [0.25, 0.3) is 0 Å². The van der Waals surface area contributed by atoms with E-state index >= 15 is 0 Å². The van der Waals surface area contributed by atoms with Gasteiger partial charge in [0.2, 0.25) is 0 Å². The molecule has 1 aliphatic carbocycles. The molecule has 1 heterocycles. The molecule has 1 amide bonds. The van der Waals surface area contributed by atoms with Crippen LogP contribution in [0.1, 0.15) is 46.7 Å². The minimum atomic E-state index is -0.245. The zero-order valence-corrected chi connectivity index (χ0v) is 12.7. The van der Waals surface area contributed by atoms with E-state index in [1.54, 1.807) is 5.38 Å². The highest BCUT2D eigenvalue weighted by Crippen LogP contribution is 2.38. The third-order valence-electron chi connectivity index (χ3n) is 4.10. The van der Waals surface area contributed by atoms with Gasteiger partial charge in [-0.1, -0.05) is 43.2 Å². The SMILES string of the molecule is NCc1nc(C(=O)NC2(c3ccccc3)CCCC2)cs1. The Morgan fingerprint density at radius 1 is 1.29 bits per heavy atom. The summed E-state index contributed by atoms with van der Waals surface area (Å²) in [7, 11) is 0. The molecule has 1 saturated carbocycles. The molecule has 0 radical (unpaired) electrons. The number of carbonyl (C=O) groups is 1. The van der Waals surface area contributed by atoms with E-state index in [-0.39, 0.29) is 11.4 Å². The van der Waals surface area contributed by atoms with Gasteiger partial charge in [-0.2, -0.15) is 0 Å². The molecule has 2 aromatic rings. The normalized spacial score (nSPS) is 16.8. The monoisotopic (exact) mass is 301 g/mol. The fraction of sp³-hybridized carbons (Fsp3) is 0.375. The number of benzene rings is 1. The quantitative estimate of drug-likeness (QED) is 0.912. The van der Waals surface area contributed by atoms with Crippen LogP contribution in [0.2, 0.25) is 0 Å². The summed E-state index contributed by atoms with van der Waals surface area (Å²) in [6.07, 6.45) is 4.24. The van der Waals surface area contributed by atoms with E-state index in [0.717, 1.165) is 30.7 Å². The Bertz CT molecular complexity index is 617. The van der Waals surface area contributed by atoms with Crippen LogP contribution >= 0.6 is 11.3 Å². The van der Waals surface area contributed by atoms with Crippen LogP contribution in [0.5, 0.6) is 0 Å². The highest BCUT2D eigenvalue weighted by atomic mass is 32.1. The summed E-state index contributed by atoms with van der Waals surface area (Å²) in [4.78, 5) is 16.8. The van der Waals surface area contributed by atoms with Gasteiger partial charge in [0.1, 0.15) is 10.7 Å². The molecular formula is C16H19N3OS. The number of nitrogens with two attached hydrogens (primary N) is 1. The number of aromatic nitrogens is 1. The van der Waals surface area contributed by atoms with Crippen molar-refractivity contribution < 1.29 is 4.79 Å². The molecule has 5 heteroatoms. The average molecular weight is 301 g/mol. The number of hydrogen-bond acceptors (Lipinski definition) is 4. The third-order valence-corrected chi connectivity index (χ3v) is 4.97. The lowest BCUT2D eigenvalue weighted by Crippen LogP contribution is -2.43. The summed E-state index contributed by atoms with van der Waals surface area (Å²) in [5, 5.41) is 5.80. The van der Waals surface area contributed by atoms with Gasteiger partial charge in [-0.05, 0) is 18.4 Å². The zero-order chi connectivity index (χ0) is 14.7. The molecule has 1 aromatic heterocycles. The first-order valence-corrected chi connectivity index (χ1v) is 8.14. The molecule has 21 heavy (non-hydrogen) atoms. The van der Waals surface area contributed by atoms with Crippen molar-refractivity contribution in [3.8, 4) is 0 Å². The number of hydrogen-bond donors (Lipinski definition) is 2. The van der Waals surface area contributed by atoms with Gasteiger partial charge in [-0.25, -0.2) is 4.98 Å². The minimum absolute atomic E-state index is 0.100. The van der Waals surface area contributed by atoms with E-state index in [2.05, 4.69) is 22.4 Å². The van der Waals surface area contributed by atoms with Gasteiger partial charge >= 0.3 is 0 Å². The van der Waals surface area contributed by atoms with Crippen LogP contribution < -0.4 is 11.1 Å². The Morgan fingerprint density at radius 3 is 2.62 bits per heavy atom. The number of rotatable bonds is 4. The Balaban J connectivity index is 1.84. The van der Waals surface area contributed by atoms with Gasteiger partial charge in [-0.15, -0.1) is 11.3 Å². The lowest BCUT2D eigenvalue weighted by molar-refractivity contribution is 0.0893. The molecule has 4 nitrogen and oxygen atoms in total. The largest absolute Gasteiger partial charge is 0.341 e. The van der Waals surface area contributed by atoms with Crippen molar-refractivity contribution in [3.63, 3.8) is 0 Å². The molecule has 0 atom stereocenters. The molecule has 3 N–H and O–H groups in total. The third kappa shape index (κ3) is 2.84. The fourth-order valence-electron chi connectivity index (χ4n) is 3.01. The molecule has 1 fully saturated rings. The molecule has 0 saturated heterocycles. The molecular weight excluding hydrogens is 282 g/mol. The van der Waals surface area contributed by atoms with Crippen molar-refractivity contribution in [2.24, 2.45) is 5.73 Å². The van der Waals surface area contributed by atoms with E-state index < -0.39 is 0 Å². The van der Waals surface area contributed by atoms with Gasteiger partial charge in [0.25, 0.3) is 5.91 Å². The van der Waals surface area contributed by atoms with Crippen molar-refractivity contribution in [3.05, 3.63) is 52.0 Å². The maximum Gasteiger partial charge on any atom is 0.271 e. The van der Waals surface area contributed by atoms with Crippen LogP contribution in [0.4, 0.5) is 0 Å². The summed E-state index contributed by atoms with van der Waals surface area (Å²) in [5.41, 5.74) is 6.97. The Morgan fingerprint density at radius 2 is 2.00 bits per heavy atom. The van der Waals surface area contributed by atoms with Crippen molar-refractivity contribution in [1.82, 2.24) is 10.3 Å². The van der Waals surface area contributed by atoms with E-state index in [1.165, 1.54) is 16.9 Å². The Hall–Kier alpha value is -1.72. The predicted molar refractivity (Wildman–Crippen MR) is 84.1 cm³/mol. The number of nitrogens with zero attached hydrogens (tertiary/aromatic N) is 1. The van der Waals surface area contributed by atoms with Crippen LogP contribution in [0.15, 0.2) is 35.7 Å². The van der Waals surface area contributed by atoms with Gasteiger partial charge in [-0.3, -0.25) is 4.79 Å². The minimum Gasteiger partial charge on any atom is -0.341 e. The van der Waals surface area contributed by atoms with Crippen LogP contribution in [-0.4, -0.2) is 10.9 Å². The number of amides is 1. The fourth-order valence-corrected chi connectivity index (χ4v) is 3.67. The van der Waals surface area contributed by atoms with E-state index in [4.69, 9.17) is 5.73 Å². The van der Waals surface area contributed by atoms with Crippen molar-refractivity contribution in [2.45, 2.75) is 37.8 Å². The van der Waals surface area contributed by atoms with Crippen molar-refractivity contribution >= 4 is 17.2 Å². The zero-order valence-electron chi connectivity index (χ0n) is 11.8. The first-order chi connectivity index (χ1) is 10.2. The molecule has 1 aromatic carbocycles. The summed E-state index contributed by atoms with van der Waals surface area (Å²) < 4.78 is 0. The van der Waals surface area contributed by atoms with Crippen molar-refractivity contribution in [1.29, 1.82) is 0 Å². The molecule has 1 aliphatic rings. The lowest BCUT2D eigenvalue weighted by atomic mass is 9.88. The number of carbonyl (C=O) groups excluding carboxylic acids is 1. The van der Waals surface area contributed by atoms with Gasteiger partial charge in [0.15, 0.2) is 0 Å². The predicted octanol–water partition coefficient (Wildman–Crippen LogP) is 2.80. The van der Waals surface area contributed by atoms with E-state index in [1.807, 2.05) is 18.2 Å². The maximum atomic E-state index is 12.5. The maximum absolute atomic E-state index is 12.5. The van der Waals surface area contributed by atoms with Gasteiger partial charge in [0.05, 0.1) is 5.54 Å². The smallest absolute Gasteiger partial charge is 0.271 e. The van der Waals surface area contributed by atoms with Gasteiger partial charge < -0.3 is 11.1 Å². The number of thiazole rings is 1. The second kappa shape index (κ2) is 5.95.